The molecule has 1 heterocycles. The van der Waals surface area contributed by atoms with Crippen molar-refractivity contribution in [3.05, 3.63) is 58.0 Å². The molecule has 0 saturated carbocycles. The van der Waals surface area contributed by atoms with Crippen molar-refractivity contribution in [1.82, 2.24) is 4.98 Å². The van der Waals surface area contributed by atoms with E-state index in [1.165, 1.54) is 0 Å². The highest BCUT2D eigenvalue weighted by atomic mass is 32.6. The third-order valence-electron chi connectivity index (χ3n) is 1.96. The molecular formula is C14H19F3NO2P2S+. The molecule has 0 saturated heterocycles. The van der Waals surface area contributed by atoms with Gasteiger partial charge in [0.2, 0.25) is 5.56 Å². The van der Waals surface area contributed by atoms with Crippen LogP contribution in [0.3, 0.4) is 0 Å². The van der Waals surface area contributed by atoms with E-state index in [2.05, 4.69) is 25.7 Å². The normalized spacial score (nSPS) is 12.4. The summed E-state index contributed by atoms with van der Waals surface area (Å²) in [5.41, 5.74) is -0.675. The Morgan fingerprint density at radius 2 is 2.00 bits per heavy atom. The van der Waals surface area contributed by atoms with E-state index in [-0.39, 0.29) is 5.78 Å². The van der Waals surface area contributed by atoms with Gasteiger partial charge in [-0.3, -0.25) is 9.59 Å². The van der Waals surface area contributed by atoms with Gasteiger partial charge in [-0.1, -0.05) is 12.2 Å². The van der Waals surface area contributed by atoms with Crippen LogP contribution in [0.4, 0.5) is 13.2 Å². The molecule has 128 valence electrons. The smallest absolute Gasteiger partial charge is 0.329 e. The number of hydrogen-bond acceptors (Lipinski definition) is 3. The van der Waals surface area contributed by atoms with E-state index in [0.29, 0.717) is 6.07 Å². The number of aromatic nitrogens is 1. The van der Waals surface area contributed by atoms with Crippen LogP contribution < -0.4 is 5.56 Å². The van der Waals surface area contributed by atoms with E-state index in [0.717, 1.165) is 17.8 Å². The molecule has 1 aromatic rings. The summed E-state index contributed by atoms with van der Waals surface area (Å²) in [6, 6.07) is 1.32. The van der Waals surface area contributed by atoms with Gasteiger partial charge in [-0.2, -0.15) is 13.2 Å². The summed E-state index contributed by atoms with van der Waals surface area (Å²) in [5.74, 6) is 0.102. The summed E-state index contributed by atoms with van der Waals surface area (Å²) in [5, 5.41) is 0. The molecule has 2 atom stereocenters. The molecular weight excluding hydrogens is 365 g/mol. The van der Waals surface area contributed by atoms with E-state index in [4.69, 9.17) is 1.28 Å². The second-order valence-electron chi connectivity index (χ2n) is 4.04. The third kappa shape index (κ3) is 15.5. The van der Waals surface area contributed by atoms with Crippen molar-refractivity contribution < 1.29 is 18.0 Å². The molecule has 2 unspecified atom stereocenters. The molecule has 1 rings (SSSR count). The minimum atomic E-state index is -4.44. The summed E-state index contributed by atoms with van der Waals surface area (Å²) in [6.45, 7) is 4.51. The Morgan fingerprint density at radius 3 is 2.30 bits per heavy atom. The summed E-state index contributed by atoms with van der Waals surface area (Å²) in [4.78, 5) is 22.9. The van der Waals surface area contributed by atoms with E-state index in [9.17, 15) is 22.8 Å². The Labute approximate surface area is 143 Å². The lowest BCUT2D eigenvalue weighted by molar-refractivity contribution is -0.137. The summed E-state index contributed by atoms with van der Waals surface area (Å²) in [7, 11) is 2.20. The van der Waals surface area contributed by atoms with Gasteiger partial charge in [0.25, 0.3) is 0 Å². The molecule has 0 spiro atoms. The van der Waals surface area contributed by atoms with Crippen molar-refractivity contribution in [1.29, 1.82) is 1.28 Å². The average Bonchev–Trinajstić information content (AvgIpc) is 2.37. The fraction of sp³-hybridized carbons (Fsp3) is 0.286. The van der Waals surface area contributed by atoms with Gasteiger partial charge in [0.15, 0.2) is 24.6 Å². The Kier molecular flexibility index (Phi) is 12.6. The fourth-order valence-corrected chi connectivity index (χ4v) is 1.25. The number of allylic oxidation sites excluding steroid dienone is 4. The van der Waals surface area contributed by atoms with Crippen molar-refractivity contribution in [3.63, 3.8) is 0 Å². The van der Waals surface area contributed by atoms with Gasteiger partial charge in [-0.25, -0.2) is 0 Å². The van der Waals surface area contributed by atoms with Gasteiger partial charge in [0.1, 0.15) is 0 Å². The van der Waals surface area contributed by atoms with Crippen LogP contribution in [0.5, 0.6) is 0 Å². The van der Waals surface area contributed by atoms with Gasteiger partial charge in [0, 0.05) is 12.3 Å². The second kappa shape index (κ2) is 13.3. The van der Waals surface area contributed by atoms with Crippen LogP contribution in [-0.4, -0.2) is 12.0 Å². The predicted molar refractivity (Wildman–Crippen MR) is 96.7 cm³/mol. The molecule has 1 N–H and O–H groups in total. The largest absolute Gasteiger partial charge is 0.416 e. The van der Waals surface area contributed by atoms with Crippen molar-refractivity contribution in [2.75, 3.05) is 0 Å². The first kappa shape index (κ1) is 21.8. The summed E-state index contributed by atoms with van der Waals surface area (Å²) < 4.78 is 41.9. The zero-order valence-corrected chi connectivity index (χ0v) is 15.7. The number of carbonyl (C=O) groups is 1. The Morgan fingerprint density at radius 1 is 1.48 bits per heavy atom. The molecule has 0 fully saturated rings. The van der Waals surface area contributed by atoms with Crippen LogP contribution in [0.2, 0.25) is 0 Å². The maximum Gasteiger partial charge on any atom is 0.416 e. The topological polar surface area (TPSA) is 49.9 Å². The van der Waals surface area contributed by atoms with E-state index < -0.39 is 24.3 Å². The van der Waals surface area contributed by atoms with Crippen LogP contribution in [0.15, 0.2) is 46.9 Å². The fourth-order valence-electron chi connectivity index (χ4n) is 1.25. The first-order chi connectivity index (χ1) is 10.9. The number of aromatic amines is 1. The lowest BCUT2D eigenvalue weighted by Gasteiger charge is -2.03. The van der Waals surface area contributed by atoms with Crippen molar-refractivity contribution in [2.24, 2.45) is 0 Å². The number of ketones is 1. The zero-order chi connectivity index (χ0) is 19.3. The van der Waals surface area contributed by atoms with Crippen molar-refractivity contribution in [3.8, 4) is 0 Å². The van der Waals surface area contributed by atoms with Gasteiger partial charge < -0.3 is 4.98 Å². The summed E-state index contributed by atoms with van der Waals surface area (Å²) >= 11 is 4.31. The molecule has 0 radical (unpaired) electrons. The summed E-state index contributed by atoms with van der Waals surface area (Å²) in [6.07, 6.45) is 1.95. The number of pyridine rings is 1. The average molecular weight is 386 g/mol. The Balaban J connectivity index is 0. The van der Waals surface area contributed by atoms with Crippen LogP contribution >= 0.6 is 15.9 Å². The van der Waals surface area contributed by atoms with Gasteiger partial charge in [-0.15, -0.1) is 0 Å². The predicted octanol–water partition coefficient (Wildman–Crippen LogP) is 4.41. The number of halogens is 3. The Hall–Kier alpha value is -1.16. The third-order valence-corrected chi connectivity index (χ3v) is 1.96. The minimum Gasteiger partial charge on any atom is -0.329 e. The number of alkyl halides is 3. The highest BCUT2D eigenvalue weighted by molar-refractivity contribution is 8.24. The highest BCUT2D eigenvalue weighted by Crippen LogP contribution is 2.27. The maximum absolute atomic E-state index is 11.8. The minimum absolute atomic E-state index is 0.102. The maximum atomic E-state index is 11.8. The molecule has 0 aliphatic heterocycles. The highest BCUT2D eigenvalue weighted by Gasteiger charge is 2.30. The molecule has 23 heavy (non-hydrogen) atoms. The van der Waals surface area contributed by atoms with Gasteiger partial charge >= 0.3 is 7.45 Å². The van der Waals surface area contributed by atoms with Crippen LogP contribution in [-0.2, 0) is 22.8 Å². The molecule has 0 bridgehead atoms. The molecule has 0 amide bonds. The molecule has 3 nitrogen and oxygen atoms in total. The number of carbonyl (C=O) groups excluding carboxylic acids is 1. The van der Waals surface area contributed by atoms with Crippen LogP contribution in [0.25, 0.3) is 0 Å². The number of hydrogen-bond donors (Lipinski definition) is 1. The second-order valence-corrected chi connectivity index (χ2v) is 6.78. The van der Waals surface area contributed by atoms with E-state index in [1.54, 1.807) is 13.0 Å². The number of nitrogens with one attached hydrogen (secondary N) is 1. The van der Waals surface area contributed by atoms with E-state index >= 15 is 0 Å². The number of rotatable bonds is 2. The van der Waals surface area contributed by atoms with Gasteiger partial charge in [0.05, 0.1) is 14.5 Å². The molecule has 0 aliphatic rings. The lowest BCUT2D eigenvalue weighted by Crippen LogP contribution is -2.11. The first-order valence-corrected chi connectivity index (χ1v) is 9.71. The quantitative estimate of drug-likeness (QED) is 0.465. The molecule has 9 heteroatoms. The molecule has 0 aromatic carbocycles. The van der Waals surface area contributed by atoms with Crippen molar-refractivity contribution >= 4 is 33.5 Å². The molecule has 0 aliphatic carbocycles. The Bertz CT molecular complexity index is 654. The van der Waals surface area contributed by atoms with Crippen LogP contribution in [0.1, 0.15) is 26.3 Å². The van der Waals surface area contributed by atoms with Crippen LogP contribution in [0, 0.1) is 0 Å². The van der Waals surface area contributed by atoms with E-state index in [1.807, 2.05) is 26.0 Å². The van der Waals surface area contributed by atoms with Crippen molar-refractivity contribution in [2.45, 2.75) is 26.9 Å². The molecule has 1 aromatic heterocycles. The van der Waals surface area contributed by atoms with Gasteiger partial charge in [-0.05, 0) is 38.5 Å². The SMILES string of the molecule is CC=CC(C)=CC(C)=O.O=c1cc(C(F)(F)F)cc[nH]1.[3H][P+](P)=S. The standard InChI is InChI=1S/C8H12O.C6H4F3NO.H2P2S/c1-4-5-7(2)6-8(3)9;7-6(8,9)4-1-2-10-5(11)3-4;1-2-3/h4-6H,1-3H3;1-3H,(H,10,11);1H2/p+1/i/hT. The number of H-pyrrole nitrogens is 1. The lowest BCUT2D eigenvalue weighted by atomic mass is 10.2. The monoisotopic (exact) mass is 386 g/mol. The zero-order valence-electron chi connectivity index (χ0n) is 13.8. The first-order valence-electron chi connectivity index (χ1n) is 6.63.